The van der Waals surface area contributed by atoms with E-state index in [9.17, 15) is 4.79 Å². The van der Waals surface area contributed by atoms with E-state index in [0.29, 0.717) is 12.5 Å². The topological polar surface area (TPSA) is 29.1 Å². The normalized spacial score (nSPS) is 15.8. The molecule has 14 heavy (non-hydrogen) atoms. The second kappa shape index (κ2) is 4.24. The van der Waals surface area contributed by atoms with E-state index in [2.05, 4.69) is 5.32 Å². The lowest BCUT2D eigenvalue weighted by molar-refractivity contribution is 0.0986. The Kier molecular flexibility index (Phi) is 2.99. The van der Waals surface area contributed by atoms with Crippen LogP contribution in [0.4, 0.5) is 0 Å². The summed E-state index contributed by atoms with van der Waals surface area (Å²) in [6.07, 6.45) is 3.20. The third-order valence-corrected chi connectivity index (χ3v) is 3.54. The number of hydrogen-bond donors (Lipinski definition) is 1. The first kappa shape index (κ1) is 9.87. The number of carbonyl (C=O) groups is 1. The largest absolute Gasteiger partial charge is 0.314 e. The zero-order valence-corrected chi connectivity index (χ0v) is 9.19. The van der Waals surface area contributed by atoms with Gasteiger partial charge < -0.3 is 5.32 Å². The minimum absolute atomic E-state index is 0.283. The molecular weight excluding hydrogens is 194 g/mol. The van der Waals surface area contributed by atoms with Crippen molar-refractivity contribution in [3.05, 3.63) is 21.9 Å². The van der Waals surface area contributed by atoms with Crippen molar-refractivity contribution in [1.29, 1.82) is 0 Å². The molecule has 2 rings (SSSR count). The van der Waals surface area contributed by atoms with Crippen LogP contribution in [0.25, 0.3) is 0 Å². The van der Waals surface area contributed by atoms with Gasteiger partial charge in [0.1, 0.15) is 0 Å². The molecule has 3 heteroatoms. The SMILES string of the molecule is Cc1ccsc1C(=O)CCNC1CC1. The summed E-state index contributed by atoms with van der Waals surface area (Å²) in [6.45, 7) is 2.83. The van der Waals surface area contributed by atoms with Crippen LogP contribution >= 0.6 is 11.3 Å². The lowest BCUT2D eigenvalue weighted by atomic mass is 10.2. The number of rotatable bonds is 5. The molecule has 1 aromatic rings. The van der Waals surface area contributed by atoms with E-state index in [0.717, 1.165) is 17.0 Å². The lowest BCUT2D eigenvalue weighted by Gasteiger charge is -2.01. The van der Waals surface area contributed by atoms with E-state index < -0.39 is 0 Å². The average Bonchev–Trinajstić information content (AvgIpc) is 2.87. The third-order valence-electron chi connectivity index (χ3n) is 2.48. The molecule has 0 unspecified atom stereocenters. The second-order valence-corrected chi connectivity index (χ2v) is 4.75. The van der Waals surface area contributed by atoms with Crippen LogP contribution in [0.1, 0.15) is 34.5 Å². The molecule has 0 amide bonds. The molecule has 1 heterocycles. The van der Waals surface area contributed by atoms with Crippen LogP contribution in [0.15, 0.2) is 11.4 Å². The van der Waals surface area contributed by atoms with Gasteiger partial charge in [-0.2, -0.15) is 0 Å². The van der Waals surface area contributed by atoms with Crippen molar-refractivity contribution in [1.82, 2.24) is 5.32 Å². The molecule has 1 aliphatic rings. The summed E-state index contributed by atoms with van der Waals surface area (Å²) >= 11 is 1.55. The Morgan fingerprint density at radius 2 is 2.43 bits per heavy atom. The fraction of sp³-hybridized carbons (Fsp3) is 0.545. The predicted molar refractivity (Wildman–Crippen MR) is 59.0 cm³/mol. The maximum absolute atomic E-state index is 11.7. The number of nitrogens with one attached hydrogen (secondary N) is 1. The second-order valence-electron chi connectivity index (χ2n) is 3.83. The Morgan fingerprint density at radius 1 is 1.64 bits per heavy atom. The molecule has 2 nitrogen and oxygen atoms in total. The number of thiophene rings is 1. The molecule has 0 atom stereocenters. The molecule has 0 bridgehead atoms. The summed E-state index contributed by atoms with van der Waals surface area (Å²) in [4.78, 5) is 12.6. The van der Waals surface area contributed by atoms with E-state index in [1.807, 2.05) is 18.4 Å². The molecule has 1 aromatic heterocycles. The van der Waals surface area contributed by atoms with Crippen molar-refractivity contribution in [2.24, 2.45) is 0 Å². The van der Waals surface area contributed by atoms with Gasteiger partial charge in [-0.05, 0) is 36.8 Å². The van der Waals surface area contributed by atoms with Gasteiger partial charge in [0.2, 0.25) is 0 Å². The van der Waals surface area contributed by atoms with Gasteiger partial charge in [0, 0.05) is 19.0 Å². The minimum atomic E-state index is 0.283. The maximum Gasteiger partial charge on any atom is 0.174 e. The van der Waals surface area contributed by atoms with Crippen LogP contribution in [0.5, 0.6) is 0 Å². The molecule has 1 saturated carbocycles. The van der Waals surface area contributed by atoms with Crippen LogP contribution in [0.2, 0.25) is 0 Å². The first-order valence-electron chi connectivity index (χ1n) is 5.08. The van der Waals surface area contributed by atoms with Crippen LogP contribution in [0.3, 0.4) is 0 Å². The molecule has 1 N–H and O–H groups in total. The van der Waals surface area contributed by atoms with Crippen molar-refractivity contribution in [3.8, 4) is 0 Å². The molecule has 1 aliphatic carbocycles. The van der Waals surface area contributed by atoms with Gasteiger partial charge in [-0.15, -0.1) is 11.3 Å². The number of aryl methyl sites for hydroxylation is 1. The summed E-state index contributed by atoms with van der Waals surface area (Å²) in [6, 6.07) is 2.71. The number of ketones is 1. The van der Waals surface area contributed by atoms with Gasteiger partial charge in [-0.1, -0.05) is 0 Å². The van der Waals surface area contributed by atoms with Crippen molar-refractivity contribution >= 4 is 17.1 Å². The van der Waals surface area contributed by atoms with E-state index in [4.69, 9.17) is 0 Å². The van der Waals surface area contributed by atoms with E-state index >= 15 is 0 Å². The maximum atomic E-state index is 11.7. The van der Waals surface area contributed by atoms with Gasteiger partial charge >= 0.3 is 0 Å². The van der Waals surface area contributed by atoms with Crippen LogP contribution in [-0.4, -0.2) is 18.4 Å². The highest BCUT2D eigenvalue weighted by Gasteiger charge is 2.20. The molecule has 0 aromatic carbocycles. The zero-order valence-electron chi connectivity index (χ0n) is 8.38. The molecule has 0 spiro atoms. The van der Waals surface area contributed by atoms with Gasteiger partial charge in [0.25, 0.3) is 0 Å². The molecule has 1 fully saturated rings. The van der Waals surface area contributed by atoms with Gasteiger partial charge in [-0.25, -0.2) is 0 Å². The Labute approximate surface area is 88.3 Å². The summed E-state index contributed by atoms with van der Waals surface area (Å²) < 4.78 is 0. The first-order chi connectivity index (χ1) is 6.77. The van der Waals surface area contributed by atoms with Gasteiger partial charge in [0.15, 0.2) is 5.78 Å². The van der Waals surface area contributed by atoms with Gasteiger partial charge in [-0.3, -0.25) is 4.79 Å². The Hall–Kier alpha value is -0.670. The highest BCUT2D eigenvalue weighted by molar-refractivity contribution is 7.12. The van der Waals surface area contributed by atoms with Crippen LogP contribution in [0, 0.1) is 6.92 Å². The smallest absolute Gasteiger partial charge is 0.174 e. The zero-order chi connectivity index (χ0) is 9.97. The fourth-order valence-corrected chi connectivity index (χ4v) is 2.34. The Bertz CT molecular complexity index is 328. The molecule has 0 radical (unpaired) electrons. The van der Waals surface area contributed by atoms with E-state index in [1.165, 1.54) is 12.8 Å². The fourth-order valence-electron chi connectivity index (χ4n) is 1.45. The van der Waals surface area contributed by atoms with E-state index in [-0.39, 0.29) is 5.78 Å². The quantitative estimate of drug-likeness (QED) is 0.754. The number of carbonyl (C=O) groups excluding carboxylic acids is 1. The van der Waals surface area contributed by atoms with Gasteiger partial charge in [0.05, 0.1) is 4.88 Å². The number of Topliss-reactive ketones (excluding diaryl/α,β-unsaturated/α-hetero) is 1. The van der Waals surface area contributed by atoms with Crippen molar-refractivity contribution in [3.63, 3.8) is 0 Å². The summed E-state index contributed by atoms with van der Waals surface area (Å²) in [7, 11) is 0. The third kappa shape index (κ3) is 2.42. The van der Waals surface area contributed by atoms with Crippen LogP contribution < -0.4 is 5.32 Å². The van der Waals surface area contributed by atoms with E-state index in [1.54, 1.807) is 11.3 Å². The highest BCUT2D eigenvalue weighted by Crippen LogP contribution is 2.19. The lowest BCUT2D eigenvalue weighted by Crippen LogP contribution is -2.20. The molecule has 0 aliphatic heterocycles. The monoisotopic (exact) mass is 209 g/mol. The first-order valence-corrected chi connectivity index (χ1v) is 5.96. The Balaban J connectivity index is 1.79. The predicted octanol–water partition coefficient (Wildman–Crippen LogP) is 2.38. The summed E-state index contributed by atoms with van der Waals surface area (Å²) in [5.41, 5.74) is 1.12. The molecular formula is C11H15NOS. The summed E-state index contributed by atoms with van der Waals surface area (Å²) in [5.74, 6) is 0.283. The molecule has 0 saturated heterocycles. The van der Waals surface area contributed by atoms with Crippen LogP contribution in [-0.2, 0) is 0 Å². The van der Waals surface area contributed by atoms with Crippen molar-refractivity contribution < 1.29 is 4.79 Å². The standard InChI is InChI=1S/C11H15NOS/c1-8-5-7-14-11(8)10(13)4-6-12-9-2-3-9/h5,7,9,12H,2-4,6H2,1H3. The number of hydrogen-bond acceptors (Lipinski definition) is 3. The minimum Gasteiger partial charge on any atom is -0.314 e. The average molecular weight is 209 g/mol. The van der Waals surface area contributed by atoms with Crippen molar-refractivity contribution in [2.45, 2.75) is 32.2 Å². The van der Waals surface area contributed by atoms with Crippen molar-refractivity contribution in [2.75, 3.05) is 6.54 Å². The Morgan fingerprint density at radius 3 is 3.00 bits per heavy atom. The molecule has 76 valence electrons. The summed E-state index contributed by atoms with van der Waals surface area (Å²) in [5, 5.41) is 5.34. The highest BCUT2D eigenvalue weighted by atomic mass is 32.1.